The molecule has 5 rings (SSSR count). The van der Waals surface area contributed by atoms with E-state index in [4.69, 9.17) is 0 Å². The van der Waals surface area contributed by atoms with E-state index in [9.17, 15) is 13.2 Å². The fourth-order valence-electron chi connectivity index (χ4n) is 4.04. The van der Waals surface area contributed by atoms with Crippen LogP contribution in [0.25, 0.3) is 22.2 Å². The van der Waals surface area contributed by atoms with Crippen LogP contribution >= 0.6 is 0 Å². The van der Waals surface area contributed by atoms with Crippen molar-refractivity contribution in [3.63, 3.8) is 0 Å². The molecule has 34 heavy (non-hydrogen) atoms. The Kier molecular flexibility index (Phi) is 5.72. The number of aryl methyl sites for hydroxylation is 1. The molecule has 0 bridgehead atoms. The number of carbonyl (C=O) groups excluding carboxylic acids is 1. The van der Waals surface area contributed by atoms with E-state index in [-0.39, 0.29) is 5.91 Å². The fourth-order valence-corrected chi connectivity index (χ4v) is 5.37. The lowest BCUT2D eigenvalue weighted by molar-refractivity contribution is 0.102. The molecule has 2 N–H and O–H groups in total. The van der Waals surface area contributed by atoms with Gasteiger partial charge in [-0.05, 0) is 73.5 Å². The predicted octanol–water partition coefficient (Wildman–Crippen LogP) is 3.90. The van der Waals surface area contributed by atoms with Gasteiger partial charge in [-0.3, -0.25) is 19.1 Å². The second-order valence-corrected chi connectivity index (χ2v) is 9.76. The van der Waals surface area contributed by atoms with Gasteiger partial charge in [0.2, 0.25) is 0 Å². The summed E-state index contributed by atoms with van der Waals surface area (Å²) < 4.78 is 28.3. The number of rotatable bonds is 4. The van der Waals surface area contributed by atoms with Crippen LogP contribution in [0.3, 0.4) is 0 Å². The minimum absolute atomic E-state index is 0.284. The van der Waals surface area contributed by atoms with Gasteiger partial charge in [0.25, 0.3) is 5.91 Å². The maximum atomic E-state index is 12.9. The standard InChI is InChI=1S/C25H23N5O3S/c1-17-5-8-19(16-22(17)24-21-4-2-12-26-23(21)11-14-27-24)29-25(31)18-6-9-20(10-7-18)30-15-3-13-28-34(30,32)33/h2,4-12,14,16,28H,3,13,15H2,1H3,(H,29,31). The smallest absolute Gasteiger partial charge is 0.301 e. The summed E-state index contributed by atoms with van der Waals surface area (Å²) in [6.07, 6.45) is 4.20. The number of aromatic nitrogens is 2. The molecule has 0 aliphatic carbocycles. The van der Waals surface area contributed by atoms with Crippen molar-refractivity contribution >= 4 is 38.4 Å². The molecule has 4 aromatic rings. The topological polar surface area (TPSA) is 104 Å². The summed E-state index contributed by atoms with van der Waals surface area (Å²) in [6.45, 7) is 2.84. The number of anilines is 2. The predicted molar refractivity (Wildman–Crippen MR) is 133 cm³/mol. The second kappa shape index (κ2) is 8.85. The highest BCUT2D eigenvalue weighted by molar-refractivity contribution is 7.90. The van der Waals surface area contributed by atoms with Gasteiger partial charge in [-0.2, -0.15) is 13.1 Å². The largest absolute Gasteiger partial charge is 0.322 e. The number of nitrogens with zero attached hydrogens (tertiary/aromatic N) is 3. The van der Waals surface area contributed by atoms with E-state index in [1.165, 1.54) is 4.31 Å². The van der Waals surface area contributed by atoms with E-state index in [2.05, 4.69) is 20.0 Å². The van der Waals surface area contributed by atoms with E-state index in [0.29, 0.717) is 30.0 Å². The van der Waals surface area contributed by atoms with E-state index >= 15 is 0 Å². The molecule has 1 saturated heterocycles. The molecular weight excluding hydrogens is 450 g/mol. The van der Waals surface area contributed by atoms with Gasteiger partial charge in [-0.25, -0.2) is 0 Å². The zero-order valence-electron chi connectivity index (χ0n) is 18.5. The molecular formula is C25H23N5O3S. The van der Waals surface area contributed by atoms with Crippen molar-refractivity contribution in [3.05, 3.63) is 84.2 Å². The lowest BCUT2D eigenvalue weighted by Crippen LogP contribution is -2.47. The van der Waals surface area contributed by atoms with Crippen LogP contribution in [-0.2, 0) is 10.2 Å². The van der Waals surface area contributed by atoms with Crippen molar-refractivity contribution in [1.29, 1.82) is 0 Å². The molecule has 2 aromatic carbocycles. The molecule has 1 amide bonds. The van der Waals surface area contributed by atoms with Gasteiger partial charge in [-0.15, -0.1) is 0 Å². The summed E-state index contributed by atoms with van der Waals surface area (Å²) in [6, 6.07) is 18.0. The maximum Gasteiger partial charge on any atom is 0.301 e. The third-order valence-corrected chi connectivity index (χ3v) is 7.35. The number of fused-ring (bicyclic) bond motifs is 1. The summed E-state index contributed by atoms with van der Waals surface area (Å²) in [5.74, 6) is -0.284. The molecule has 9 heteroatoms. The fraction of sp³-hybridized carbons (Fsp3) is 0.160. The summed E-state index contributed by atoms with van der Waals surface area (Å²) >= 11 is 0. The number of pyridine rings is 2. The lowest BCUT2D eigenvalue weighted by Gasteiger charge is -2.28. The highest BCUT2D eigenvalue weighted by Crippen LogP contribution is 2.30. The molecule has 0 spiro atoms. The van der Waals surface area contributed by atoms with Crippen LogP contribution in [0.5, 0.6) is 0 Å². The van der Waals surface area contributed by atoms with Crippen molar-refractivity contribution in [2.24, 2.45) is 0 Å². The van der Waals surface area contributed by atoms with Crippen LogP contribution in [0.1, 0.15) is 22.3 Å². The minimum Gasteiger partial charge on any atom is -0.322 e. The number of carbonyl (C=O) groups is 1. The van der Waals surface area contributed by atoms with Crippen LogP contribution in [0, 0.1) is 6.92 Å². The molecule has 8 nitrogen and oxygen atoms in total. The van der Waals surface area contributed by atoms with Crippen LogP contribution in [0.4, 0.5) is 11.4 Å². The normalized spacial score (nSPS) is 15.3. The SMILES string of the molecule is Cc1ccc(NC(=O)c2ccc(N3CCCNS3(=O)=O)cc2)cc1-c1nccc2ncccc12. The van der Waals surface area contributed by atoms with Crippen molar-refractivity contribution in [2.75, 3.05) is 22.7 Å². The Bertz CT molecular complexity index is 1480. The molecule has 0 radical (unpaired) electrons. The quantitative estimate of drug-likeness (QED) is 0.468. The number of hydrogen-bond acceptors (Lipinski definition) is 5. The Morgan fingerprint density at radius 1 is 1.03 bits per heavy atom. The van der Waals surface area contributed by atoms with E-state index < -0.39 is 10.2 Å². The zero-order chi connectivity index (χ0) is 23.7. The van der Waals surface area contributed by atoms with E-state index in [1.54, 1.807) is 36.7 Å². The van der Waals surface area contributed by atoms with Gasteiger partial charge in [0.05, 0.1) is 16.9 Å². The summed E-state index contributed by atoms with van der Waals surface area (Å²) in [4.78, 5) is 21.9. The Morgan fingerprint density at radius 2 is 1.85 bits per heavy atom. The van der Waals surface area contributed by atoms with Gasteiger partial charge >= 0.3 is 10.2 Å². The monoisotopic (exact) mass is 473 g/mol. The zero-order valence-corrected chi connectivity index (χ0v) is 19.3. The molecule has 1 fully saturated rings. The highest BCUT2D eigenvalue weighted by Gasteiger charge is 2.25. The Hall–Kier alpha value is -3.82. The average molecular weight is 474 g/mol. The molecule has 1 aliphatic heterocycles. The number of benzene rings is 2. The molecule has 0 atom stereocenters. The molecule has 0 unspecified atom stereocenters. The van der Waals surface area contributed by atoms with Crippen LogP contribution < -0.4 is 14.3 Å². The minimum atomic E-state index is -3.54. The molecule has 172 valence electrons. The lowest BCUT2D eigenvalue weighted by atomic mass is 10.0. The molecule has 2 aromatic heterocycles. The van der Waals surface area contributed by atoms with Gasteiger partial charge in [0.1, 0.15) is 0 Å². The van der Waals surface area contributed by atoms with Crippen molar-refractivity contribution in [2.45, 2.75) is 13.3 Å². The van der Waals surface area contributed by atoms with Crippen LogP contribution in [0.15, 0.2) is 73.1 Å². The number of nitrogens with one attached hydrogen (secondary N) is 2. The summed E-state index contributed by atoms with van der Waals surface area (Å²) in [7, 11) is -3.54. The first kappa shape index (κ1) is 22.0. The van der Waals surface area contributed by atoms with Crippen LogP contribution in [0.2, 0.25) is 0 Å². The van der Waals surface area contributed by atoms with E-state index in [0.717, 1.165) is 34.1 Å². The van der Waals surface area contributed by atoms with E-state index in [1.807, 2.05) is 43.3 Å². The van der Waals surface area contributed by atoms with Crippen molar-refractivity contribution in [3.8, 4) is 11.3 Å². The highest BCUT2D eigenvalue weighted by atomic mass is 32.2. The third-order valence-electron chi connectivity index (χ3n) is 5.81. The van der Waals surface area contributed by atoms with Gasteiger partial charge < -0.3 is 5.32 Å². The third kappa shape index (κ3) is 4.23. The van der Waals surface area contributed by atoms with Gasteiger partial charge in [-0.1, -0.05) is 6.07 Å². The first-order valence-corrected chi connectivity index (χ1v) is 12.4. The first-order valence-electron chi connectivity index (χ1n) is 10.9. The van der Waals surface area contributed by atoms with Gasteiger partial charge in [0, 0.05) is 47.7 Å². The molecule has 1 aliphatic rings. The maximum absolute atomic E-state index is 12.9. The summed E-state index contributed by atoms with van der Waals surface area (Å²) in [5.41, 5.74) is 5.20. The first-order chi connectivity index (χ1) is 16.4. The molecule has 3 heterocycles. The Balaban J connectivity index is 1.39. The molecule has 0 saturated carbocycles. The Labute approximate surface area is 197 Å². The second-order valence-electron chi connectivity index (χ2n) is 8.09. The van der Waals surface area contributed by atoms with Crippen molar-refractivity contribution in [1.82, 2.24) is 14.7 Å². The average Bonchev–Trinajstić information content (AvgIpc) is 2.85. The van der Waals surface area contributed by atoms with Crippen LogP contribution in [-0.4, -0.2) is 37.4 Å². The number of hydrogen-bond donors (Lipinski definition) is 2. The van der Waals surface area contributed by atoms with Gasteiger partial charge in [0.15, 0.2) is 0 Å². The summed E-state index contributed by atoms with van der Waals surface area (Å²) in [5, 5.41) is 3.87. The van der Waals surface area contributed by atoms with Crippen molar-refractivity contribution < 1.29 is 13.2 Å². The Morgan fingerprint density at radius 3 is 2.65 bits per heavy atom. The number of amides is 1.